The van der Waals surface area contributed by atoms with E-state index in [0.29, 0.717) is 25.3 Å². The van der Waals surface area contributed by atoms with Crippen LogP contribution in [0.3, 0.4) is 0 Å². The second kappa shape index (κ2) is 6.58. The fourth-order valence-corrected chi connectivity index (χ4v) is 2.45. The third-order valence-electron chi connectivity index (χ3n) is 3.81. The zero-order chi connectivity index (χ0) is 16.3. The van der Waals surface area contributed by atoms with E-state index in [4.69, 9.17) is 4.74 Å². The van der Waals surface area contributed by atoms with E-state index in [0.717, 1.165) is 13.1 Å². The highest BCUT2D eigenvalue weighted by molar-refractivity contribution is 5.97. The van der Waals surface area contributed by atoms with Crippen molar-refractivity contribution in [2.24, 2.45) is 0 Å². The minimum absolute atomic E-state index is 0.266. The maximum absolute atomic E-state index is 13.6. The first kappa shape index (κ1) is 16.6. The maximum Gasteiger partial charge on any atom is 0.258 e. The van der Waals surface area contributed by atoms with Crippen LogP contribution in [-0.4, -0.2) is 54.3 Å². The summed E-state index contributed by atoms with van der Waals surface area (Å²) in [4.78, 5) is 14.2. The smallest absolute Gasteiger partial charge is 0.258 e. The summed E-state index contributed by atoms with van der Waals surface area (Å²) in [7, 11) is 0. The fourth-order valence-electron chi connectivity index (χ4n) is 2.45. The van der Waals surface area contributed by atoms with Gasteiger partial charge in [0.2, 0.25) is 0 Å². The van der Waals surface area contributed by atoms with Gasteiger partial charge < -0.3 is 15.2 Å². The number of aromatic hydroxyl groups is 1. The largest absolute Gasteiger partial charge is 0.507 e. The standard InChI is InChI=1S/C15H20F2N2O3/c1-15(2,19-3-5-22-6-4-19)9-18-14(21)13-11(17)7-10(16)8-12(13)20/h7-8,20H,3-6,9H2,1-2H3,(H,18,21). The molecule has 0 bridgehead atoms. The van der Waals surface area contributed by atoms with Crippen LogP contribution in [0, 0.1) is 11.6 Å². The van der Waals surface area contributed by atoms with Crippen molar-refractivity contribution in [1.29, 1.82) is 0 Å². The van der Waals surface area contributed by atoms with Crippen LogP contribution in [0.2, 0.25) is 0 Å². The van der Waals surface area contributed by atoms with Gasteiger partial charge in [0.05, 0.1) is 13.2 Å². The Morgan fingerprint density at radius 2 is 2.00 bits per heavy atom. The van der Waals surface area contributed by atoms with E-state index in [1.54, 1.807) is 0 Å². The van der Waals surface area contributed by atoms with Crippen LogP contribution in [0.5, 0.6) is 5.75 Å². The van der Waals surface area contributed by atoms with Crippen LogP contribution in [0.15, 0.2) is 12.1 Å². The highest BCUT2D eigenvalue weighted by Gasteiger charge is 2.29. The Bertz CT molecular complexity index is 535. The lowest BCUT2D eigenvalue weighted by atomic mass is 10.0. The normalized spacial score (nSPS) is 16.5. The quantitative estimate of drug-likeness (QED) is 0.884. The SMILES string of the molecule is CC(C)(CNC(=O)c1c(O)cc(F)cc1F)N1CCOCC1. The highest BCUT2D eigenvalue weighted by Crippen LogP contribution is 2.22. The molecule has 1 heterocycles. The molecule has 1 fully saturated rings. The van der Waals surface area contributed by atoms with Gasteiger partial charge in [0, 0.05) is 37.3 Å². The van der Waals surface area contributed by atoms with Crippen molar-refractivity contribution in [2.75, 3.05) is 32.8 Å². The Kier molecular flexibility index (Phi) is 4.97. The lowest BCUT2D eigenvalue weighted by Crippen LogP contribution is -2.55. The Hall–Kier alpha value is -1.73. The molecule has 1 aliphatic rings. The minimum atomic E-state index is -1.08. The van der Waals surface area contributed by atoms with Crippen molar-refractivity contribution in [1.82, 2.24) is 10.2 Å². The number of hydrogen-bond acceptors (Lipinski definition) is 4. The second-order valence-corrected chi connectivity index (χ2v) is 5.88. The molecule has 0 unspecified atom stereocenters. The summed E-state index contributed by atoms with van der Waals surface area (Å²) in [6, 6.07) is 1.28. The molecule has 0 aliphatic carbocycles. The van der Waals surface area contributed by atoms with Gasteiger partial charge in [0.15, 0.2) is 0 Å². The molecule has 0 saturated carbocycles. The number of nitrogens with zero attached hydrogens (tertiary/aromatic N) is 1. The van der Waals surface area contributed by atoms with Crippen LogP contribution in [0.4, 0.5) is 8.78 Å². The van der Waals surface area contributed by atoms with E-state index in [9.17, 15) is 18.7 Å². The molecule has 0 radical (unpaired) electrons. The fraction of sp³-hybridized carbons (Fsp3) is 0.533. The maximum atomic E-state index is 13.6. The molecule has 1 aromatic carbocycles. The van der Waals surface area contributed by atoms with Gasteiger partial charge in [0.1, 0.15) is 22.9 Å². The van der Waals surface area contributed by atoms with E-state index < -0.39 is 28.9 Å². The van der Waals surface area contributed by atoms with Crippen LogP contribution < -0.4 is 5.32 Å². The van der Waals surface area contributed by atoms with Gasteiger partial charge in [0.25, 0.3) is 5.91 Å². The first-order valence-corrected chi connectivity index (χ1v) is 7.10. The number of carbonyl (C=O) groups is 1. The molecule has 1 saturated heterocycles. The first-order chi connectivity index (χ1) is 10.3. The molecular formula is C15H20F2N2O3. The molecule has 5 nitrogen and oxygen atoms in total. The molecule has 0 spiro atoms. The lowest BCUT2D eigenvalue weighted by molar-refractivity contribution is -0.00924. The predicted octanol–water partition coefficient (Wildman–Crippen LogP) is 1.51. The highest BCUT2D eigenvalue weighted by atomic mass is 19.1. The molecule has 1 amide bonds. The molecule has 22 heavy (non-hydrogen) atoms. The van der Waals surface area contributed by atoms with Crippen molar-refractivity contribution in [2.45, 2.75) is 19.4 Å². The van der Waals surface area contributed by atoms with Crippen molar-refractivity contribution in [3.8, 4) is 5.75 Å². The van der Waals surface area contributed by atoms with Crippen molar-refractivity contribution >= 4 is 5.91 Å². The minimum Gasteiger partial charge on any atom is -0.507 e. The topological polar surface area (TPSA) is 61.8 Å². The molecular weight excluding hydrogens is 294 g/mol. The molecule has 2 rings (SSSR count). The van der Waals surface area contributed by atoms with Crippen LogP contribution >= 0.6 is 0 Å². The number of halogens is 2. The number of benzene rings is 1. The van der Waals surface area contributed by atoms with Gasteiger partial charge in [-0.2, -0.15) is 0 Å². The molecule has 0 atom stereocenters. The van der Waals surface area contributed by atoms with Crippen LogP contribution in [0.25, 0.3) is 0 Å². The number of phenolic OH excluding ortho intramolecular Hbond substituents is 1. The summed E-state index contributed by atoms with van der Waals surface area (Å²) in [6.07, 6.45) is 0. The summed E-state index contributed by atoms with van der Waals surface area (Å²) >= 11 is 0. The molecule has 122 valence electrons. The number of phenols is 1. The first-order valence-electron chi connectivity index (χ1n) is 7.10. The van der Waals surface area contributed by atoms with Gasteiger partial charge in [-0.05, 0) is 13.8 Å². The summed E-state index contributed by atoms with van der Waals surface area (Å²) < 4.78 is 31.9. The van der Waals surface area contributed by atoms with Crippen LogP contribution in [-0.2, 0) is 4.74 Å². The van der Waals surface area contributed by atoms with Gasteiger partial charge in [-0.3, -0.25) is 9.69 Å². The predicted molar refractivity (Wildman–Crippen MR) is 76.8 cm³/mol. The number of amides is 1. The summed E-state index contributed by atoms with van der Waals surface area (Å²) in [5.41, 5.74) is -0.884. The summed E-state index contributed by atoms with van der Waals surface area (Å²) in [6.45, 7) is 6.94. The average molecular weight is 314 g/mol. The number of ether oxygens (including phenoxy) is 1. The monoisotopic (exact) mass is 314 g/mol. The molecule has 7 heteroatoms. The van der Waals surface area contributed by atoms with E-state index in [-0.39, 0.29) is 12.1 Å². The zero-order valence-electron chi connectivity index (χ0n) is 12.7. The Morgan fingerprint density at radius 1 is 1.36 bits per heavy atom. The third-order valence-corrected chi connectivity index (χ3v) is 3.81. The number of nitrogens with one attached hydrogen (secondary N) is 1. The lowest BCUT2D eigenvalue weighted by Gasteiger charge is -2.40. The third kappa shape index (κ3) is 3.72. The van der Waals surface area contributed by atoms with Gasteiger partial charge >= 0.3 is 0 Å². The average Bonchev–Trinajstić information content (AvgIpc) is 2.45. The number of hydrogen-bond donors (Lipinski definition) is 2. The second-order valence-electron chi connectivity index (χ2n) is 5.88. The number of morpholine rings is 1. The van der Waals surface area contributed by atoms with Crippen LogP contribution in [0.1, 0.15) is 24.2 Å². The molecule has 0 aromatic heterocycles. The van der Waals surface area contributed by atoms with Crippen molar-refractivity contribution < 1.29 is 23.4 Å². The van der Waals surface area contributed by atoms with E-state index in [1.807, 2.05) is 13.8 Å². The van der Waals surface area contributed by atoms with Crippen molar-refractivity contribution in [3.63, 3.8) is 0 Å². The molecule has 1 aliphatic heterocycles. The Balaban J connectivity index is 2.03. The number of rotatable bonds is 4. The van der Waals surface area contributed by atoms with E-state index >= 15 is 0 Å². The van der Waals surface area contributed by atoms with Gasteiger partial charge in [-0.1, -0.05) is 0 Å². The Labute approximate surface area is 127 Å². The van der Waals surface area contributed by atoms with E-state index in [1.165, 1.54) is 0 Å². The van der Waals surface area contributed by atoms with Crippen molar-refractivity contribution in [3.05, 3.63) is 29.3 Å². The van der Waals surface area contributed by atoms with E-state index in [2.05, 4.69) is 10.2 Å². The van der Waals surface area contributed by atoms with Gasteiger partial charge in [-0.15, -0.1) is 0 Å². The summed E-state index contributed by atoms with van der Waals surface area (Å²) in [5, 5.41) is 12.1. The van der Waals surface area contributed by atoms with Gasteiger partial charge in [-0.25, -0.2) is 8.78 Å². The zero-order valence-corrected chi connectivity index (χ0v) is 12.7. The number of carbonyl (C=O) groups excluding carboxylic acids is 1. The Morgan fingerprint density at radius 3 is 2.59 bits per heavy atom. The summed E-state index contributed by atoms with van der Waals surface area (Å²) in [5.74, 6) is -3.49. The molecule has 2 N–H and O–H groups in total. The molecule has 1 aromatic rings.